The summed E-state index contributed by atoms with van der Waals surface area (Å²) in [7, 11) is -3.11. The van der Waals surface area contributed by atoms with Crippen molar-refractivity contribution in [1.82, 2.24) is 4.72 Å². The van der Waals surface area contributed by atoms with Gasteiger partial charge in [-0.2, -0.15) is 0 Å². The minimum Gasteiger partial charge on any atom is -0.329 e. The van der Waals surface area contributed by atoms with E-state index in [2.05, 4.69) is 11.6 Å². The van der Waals surface area contributed by atoms with Gasteiger partial charge >= 0.3 is 0 Å². The molecule has 4 nitrogen and oxygen atoms in total. The Kier molecular flexibility index (Phi) is 10.9. The second-order valence-electron chi connectivity index (χ2n) is 4.48. The highest BCUT2D eigenvalue weighted by atomic mass is 32.2. The second kappa shape index (κ2) is 11.0. The molecule has 0 atom stereocenters. The van der Waals surface area contributed by atoms with E-state index in [4.69, 9.17) is 5.73 Å². The summed E-state index contributed by atoms with van der Waals surface area (Å²) in [6.45, 7) is 2.96. The van der Waals surface area contributed by atoms with E-state index in [1.165, 1.54) is 38.5 Å². The normalized spacial score (nSPS) is 11.9. The molecule has 17 heavy (non-hydrogen) atoms. The Bertz CT molecular complexity index is 253. The monoisotopic (exact) mass is 264 g/mol. The molecule has 0 heterocycles. The number of nitrogens with two attached hydrogens (primary N) is 1. The summed E-state index contributed by atoms with van der Waals surface area (Å²) < 4.78 is 25.1. The molecule has 0 saturated heterocycles. The Morgan fingerprint density at radius 2 is 1.47 bits per heavy atom. The quantitative estimate of drug-likeness (QED) is 0.530. The molecule has 0 aliphatic carbocycles. The fourth-order valence-electron chi connectivity index (χ4n) is 1.71. The van der Waals surface area contributed by atoms with Crippen LogP contribution in [0.25, 0.3) is 0 Å². The molecule has 3 N–H and O–H groups in total. The van der Waals surface area contributed by atoms with Crippen molar-refractivity contribution in [3.05, 3.63) is 0 Å². The SMILES string of the molecule is CCCCCCCCCCNS(=O)(=O)CCN. The van der Waals surface area contributed by atoms with Crippen LogP contribution in [-0.2, 0) is 10.0 Å². The van der Waals surface area contributed by atoms with Crippen molar-refractivity contribution in [2.75, 3.05) is 18.8 Å². The lowest BCUT2D eigenvalue weighted by Crippen LogP contribution is -2.30. The molecular weight excluding hydrogens is 236 g/mol. The fraction of sp³-hybridized carbons (Fsp3) is 1.00. The predicted octanol–water partition coefficient (Wildman–Crippen LogP) is 2.01. The van der Waals surface area contributed by atoms with Gasteiger partial charge in [-0.3, -0.25) is 0 Å². The van der Waals surface area contributed by atoms with Crippen molar-refractivity contribution in [3.8, 4) is 0 Å². The van der Waals surface area contributed by atoms with E-state index in [0.717, 1.165) is 12.8 Å². The zero-order chi connectivity index (χ0) is 13.0. The molecule has 0 aromatic carbocycles. The summed E-state index contributed by atoms with van der Waals surface area (Å²) in [5.74, 6) is 0.0318. The lowest BCUT2D eigenvalue weighted by Gasteiger charge is -2.05. The molecule has 0 spiro atoms. The Labute approximate surface area is 106 Å². The van der Waals surface area contributed by atoms with Gasteiger partial charge in [-0.25, -0.2) is 13.1 Å². The van der Waals surface area contributed by atoms with Gasteiger partial charge in [0.25, 0.3) is 0 Å². The van der Waals surface area contributed by atoms with Crippen molar-refractivity contribution in [2.45, 2.75) is 58.3 Å². The van der Waals surface area contributed by atoms with Crippen molar-refractivity contribution in [1.29, 1.82) is 0 Å². The number of hydrogen-bond acceptors (Lipinski definition) is 3. The van der Waals surface area contributed by atoms with Gasteiger partial charge in [0.2, 0.25) is 10.0 Å². The second-order valence-corrected chi connectivity index (χ2v) is 6.40. The molecule has 5 heteroatoms. The Morgan fingerprint density at radius 3 is 2.00 bits per heavy atom. The van der Waals surface area contributed by atoms with E-state index in [1.54, 1.807) is 0 Å². The Hall–Kier alpha value is -0.130. The zero-order valence-corrected chi connectivity index (χ0v) is 11.9. The molecular formula is C12H28N2O2S. The highest BCUT2D eigenvalue weighted by Crippen LogP contribution is 2.07. The van der Waals surface area contributed by atoms with E-state index in [9.17, 15) is 8.42 Å². The number of sulfonamides is 1. The van der Waals surface area contributed by atoms with Crippen LogP contribution >= 0.6 is 0 Å². The molecule has 0 bridgehead atoms. The van der Waals surface area contributed by atoms with Gasteiger partial charge in [0.1, 0.15) is 0 Å². The largest absolute Gasteiger partial charge is 0.329 e. The standard InChI is InChI=1S/C12H28N2O2S/c1-2-3-4-5-6-7-8-9-11-14-17(15,16)12-10-13/h14H,2-13H2,1H3. The third-order valence-corrected chi connectivity index (χ3v) is 4.16. The van der Waals surface area contributed by atoms with Gasteiger partial charge in [-0.1, -0.05) is 51.9 Å². The highest BCUT2D eigenvalue weighted by molar-refractivity contribution is 7.89. The number of unbranched alkanes of at least 4 members (excludes halogenated alkanes) is 7. The van der Waals surface area contributed by atoms with Gasteiger partial charge in [0, 0.05) is 13.1 Å². The molecule has 0 aliphatic heterocycles. The molecule has 0 aromatic heterocycles. The first kappa shape index (κ1) is 16.9. The van der Waals surface area contributed by atoms with E-state index < -0.39 is 10.0 Å². The fourth-order valence-corrected chi connectivity index (χ4v) is 2.62. The van der Waals surface area contributed by atoms with Crippen LogP contribution in [0.1, 0.15) is 58.3 Å². The van der Waals surface area contributed by atoms with Crippen LogP contribution < -0.4 is 10.5 Å². The van der Waals surface area contributed by atoms with E-state index >= 15 is 0 Å². The van der Waals surface area contributed by atoms with Crippen molar-refractivity contribution >= 4 is 10.0 Å². The van der Waals surface area contributed by atoms with Crippen LogP contribution in [0.3, 0.4) is 0 Å². The van der Waals surface area contributed by atoms with Gasteiger partial charge in [0.05, 0.1) is 5.75 Å². The topological polar surface area (TPSA) is 72.2 Å². The zero-order valence-electron chi connectivity index (χ0n) is 11.1. The summed E-state index contributed by atoms with van der Waals surface area (Å²) in [6.07, 6.45) is 9.78. The van der Waals surface area contributed by atoms with E-state index in [-0.39, 0.29) is 12.3 Å². The summed E-state index contributed by atoms with van der Waals surface area (Å²) in [4.78, 5) is 0. The summed E-state index contributed by atoms with van der Waals surface area (Å²) in [6, 6.07) is 0. The number of rotatable bonds is 12. The molecule has 104 valence electrons. The molecule has 0 fully saturated rings. The Morgan fingerprint density at radius 1 is 0.941 bits per heavy atom. The van der Waals surface area contributed by atoms with Crippen LogP contribution in [0.2, 0.25) is 0 Å². The lowest BCUT2D eigenvalue weighted by molar-refractivity contribution is 0.559. The number of hydrogen-bond donors (Lipinski definition) is 2. The first-order valence-electron chi connectivity index (χ1n) is 6.80. The maximum atomic E-state index is 11.2. The first-order chi connectivity index (χ1) is 8.12. The molecule has 0 aromatic rings. The highest BCUT2D eigenvalue weighted by Gasteiger charge is 2.06. The molecule has 0 aliphatic rings. The third kappa shape index (κ3) is 12.1. The summed E-state index contributed by atoms with van der Waals surface area (Å²) >= 11 is 0. The third-order valence-electron chi connectivity index (χ3n) is 2.74. The van der Waals surface area contributed by atoms with Gasteiger partial charge in [-0.15, -0.1) is 0 Å². The molecule has 0 unspecified atom stereocenters. The van der Waals surface area contributed by atoms with Crippen LogP contribution in [0.4, 0.5) is 0 Å². The van der Waals surface area contributed by atoms with E-state index in [1.807, 2.05) is 0 Å². The van der Waals surface area contributed by atoms with Crippen LogP contribution in [0, 0.1) is 0 Å². The van der Waals surface area contributed by atoms with E-state index in [0.29, 0.717) is 6.54 Å². The van der Waals surface area contributed by atoms with Crippen molar-refractivity contribution < 1.29 is 8.42 Å². The molecule has 0 amide bonds. The van der Waals surface area contributed by atoms with Crippen molar-refractivity contribution in [2.24, 2.45) is 5.73 Å². The smallest absolute Gasteiger partial charge is 0.212 e. The number of nitrogens with one attached hydrogen (secondary N) is 1. The average Bonchev–Trinajstić information content (AvgIpc) is 2.27. The van der Waals surface area contributed by atoms with Crippen LogP contribution in [0.5, 0.6) is 0 Å². The van der Waals surface area contributed by atoms with Gasteiger partial charge in [-0.05, 0) is 6.42 Å². The summed E-state index contributed by atoms with van der Waals surface area (Å²) in [5.41, 5.74) is 5.21. The Balaban J connectivity index is 3.24. The minimum atomic E-state index is -3.11. The van der Waals surface area contributed by atoms with Gasteiger partial charge < -0.3 is 5.73 Å². The van der Waals surface area contributed by atoms with Crippen LogP contribution in [0.15, 0.2) is 0 Å². The lowest BCUT2D eigenvalue weighted by atomic mass is 10.1. The molecule has 0 rings (SSSR count). The predicted molar refractivity (Wildman–Crippen MR) is 73.5 cm³/mol. The molecule has 0 radical (unpaired) electrons. The van der Waals surface area contributed by atoms with Crippen LogP contribution in [-0.4, -0.2) is 27.3 Å². The van der Waals surface area contributed by atoms with Crippen molar-refractivity contribution in [3.63, 3.8) is 0 Å². The average molecular weight is 264 g/mol. The first-order valence-corrected chi connectivity index (χ1v) is 8.45. The van der Waals surface area contributed by atoms with Gasteiger partial charge in [0.15, 0.2) is 0 Å². The minimum absolute atomic E-state index is 0.0318. The summed E-state index contributed by atoms with van der Waals surface area (Å²) in [5, 5.41) is 0. The maximum absolute atomic E-state index is 11.2. The molecule has 0 saturated carbocycles. The maximum Gasteiger partial charge on any atom is 0.212 e.